The van der Waals surface area contributed by atoms with Gasteiger partial charge in [-0.2, -0.15) is 0 Å². The summed E-state index contributed by atoms with van der Waals surface area (Å²) < 4.78 is 10.4. The van der Waals surface area contributed by atoms with Crippen LogP contribution in [0.4, 0.5) is 5.82 Å². The van der Waals surface area contributed by atoms with Gasteiger partial charge in [-0.3, -0.25) is 0 Å². The predicted molar refractivity (Wildman–Crippen MR) is 72.7 cm³/mol. The number of anilines is 1. The van der Waals surface area contributed by atoms with Crippen molar-refractivity contribution >= 4 is 5.82 Å². The normalized spacial score (nSPS) is 12.4. The third kappa shape index (κ3) is 3.94. The summed E-state index contributed by atoms with van der Waals surface area (Å²) in [7, 11) is 3.40. The summed E-state index contributed by atoms with van der Waals surface area (Å²) in [6.07, 6.45) is 1.79. The van der Waals surface area contributed by atoms with Crippen LogP contribution in [0.15, 0.2) is 18.3 Å². The molecule has 5 nitrogen and oxygen atoms in total. The van der Waals surface area contributed by atoms with Gasteiger partial charge < -0.3 is 20.1 Å². The largest absolute Gasteiger partial charge is 0.383 e. The van der Waals surface area contributed by atoms with E-state index in [1.165, 1.54) is 0 Å². The Bertz CT molecular complexity index is 347. The molecule has 1 atom stereocenters. The maximum atomic E-state index is 5.76. The molecule has 0 amide bonds. The molecule has 1 heterocycles. The van der Waals surface area contributed by atoms with Crippen LogP contribution in [-0.2, 0) is 16.0 Å². The van der Waals surface area contributed by atoms with Crippen LogP contribution in [0.5, 0.6) is 0 Å². The van der Waals surface area contributed by atoms with Gasteiger partial charge >= 0.3 is 0 Å². The predicted octanol–water partition coefficient (Wildman–Crippen LogP) is 1.03. The Hall–Kier alpha value is -1.17. The number of rotatable bonds is 8. The average molecular weight is 253 g/mol. The molecule has 2 N–H and O–H groups in total. The second-order valence-corrected chi connectivity index (χ2v) is 4.18. The summed E-state index contributed by atoms with van der Waals surface area (Å²) >= 11 is 0. The van der Waals surface area contributed by atoms with Gasteiger partial charge in [0.15, 0.2) is 0 Å². The zero-order valence-corrected chi connectivity index (χ0v) is 11.4. The average Bonchev–Trinajstić information content (AvgIpc) is 2.40. The van der Waals surface area contributed by atoms with Gasteiger partial charge in [0.05, 0.1) is 19.3 Å². The number of nitrogens with two attached hydrogens (primary N) is 1. The Kier molecular flexibility index (Phi) is 6.64. The first-order chi connectivity index (χ1) is 8.74. The van der Waals surface area contributed by atoms with E-state index in [-0.39, 0.29) is 6.04 Å². The van der Waals surface area contributed by atoms with E-state index >= 15 is 0 Å². The Balaban J connectivity index is 2.92. The minimum Gasteiger partial charge on any atom is -0.383 e. The number of hydrogen-bond donors (Lipinski definition) is 1. The number of nitrogens with zero attached hydrogens (tertiary/aromatic N) is 2. The van der Waals surface area contributed by atoms with Crippen molar-refractivity contribution in [2.24, 2.45) is 5.73 Å². The van der Waals surface area contributed by atoms with Gasteiger partial charge in [0.2, 0.25) is 0 Å². The third-order valence-electron chi connectivity index (χ3n) is 2.84. The van der Waals surface area contributed by atoms with Crippen molar-refractivity contribution in [3.8, 4) is 0 Å². The second-order valence-electron chi connectivity index (χ2n) is 4.18. The minimum atomic E-state index is 0.227. The molecule has 18 heavy (non-hydrogen) atoms. The molecule has 0 spiro atoms. The van der Waals surface area contributed by atoms with Crippen molar-refractivity contribution in [3.05, 3.63) is 23.9 Å². The number of methoxy groups -OCH3 is 2. The molecule has 0 aliphatic carbocycles. The highest BCUT2D eigenvalue weighted by atomic mass is 16.5. The van der Waals surface area contributed by atoms with Gasteiger partial charge in [-0.05, 0) is 13.0 Å². The summed E-state index contributed by atoms with van der Waals surface area (Å²) in [6, 6.07) is 4.13. The van der Waals surface area contributed by atoms with Gasteiger partial charge in [0.25, 0.3) is 0 Å². The van der Waals surface area contributed by atoms with Gasteiger partial charge in [-0.15, -0.1) is 0 Å². The molecule has 0 aromatic carbocycles. The minimum absolute atomic E-state index is 0.227. The van der Waals surface area contributed by atoms with Crippen molar-refractivity contribution in [3.63, 3.8) is 0 Å². The maximum absolute atomic E-state index is 5.76. The summed E-state index contributed by atoms with van der Waals surface area (Å²) in [5.41, 5.74) is 6.80. The van der Waals surface area contributed by atoms with Crippen LogP contribution in [0.2, 0.25) is 0 Å². The van der Waals surface area contributed by atoms with Crippen molar-refractivity contribution in [2.75, 3.05) is 38.9 Å². The van der Waals surface area contributed by atoms with E-state index in [0.717, 1.165) is 17.9 Å². The maximum Gasteiger partial charge on any atom is 0.133 e. The Morgan fingerprint density at radius 3 is 2.78 bits per heavy atom. The Morgan fingerprint density at radius 1 is 1.39 bits per heavy atom. The lowest BCUT2D eigenvalue weighted by atomic mass is 10.2. The molecule has 1 aromatic rings. The van der Waals surface area contributed by atoms with E-state index < -0.39 is 0 Å². The highest BCUT2D eigenvalue weighted by Crippen LogP contribution is 2.19. The van der Waals surface area contributed by atoms with E-state index in [1.54, 1.807) is 20.4 Å². The summed E-state index contributed by atoms with van der Waals surface area (Å²) in [6.45, 7) is 4.64. The van der Waals surface area contributed by atoms with Crippen LogP contribution in [0.1, 0.15) is 12.5 Å². The van der Waals surface area contributed by atoms with Crippen LogP contribution in [-0.4, -0.2) is 45.0 Å². The summed E-state index contributed by atoms with van der Waals surface area (Å²) in [4.78, 5) is 6.62. The lowest BCUT2D eigenvalue weighted by molar-refractivity contribution is 0.170. The fraction of sp³-hybridized carbons (Fsp3) is 0.615. The molecule has 0 saturated heterocycles. The van der Waals surface area contributed by atoms with E-state index in [0.29, 0.717) is 19.8 Å². The third-order valence-corrected chi connectivity index (χ3v) is 2.84. The molecular weight excluding hydrogens is 230 g/mol. The first-order valence-electron chi connectivity index (χ1n) is 6.13. The van der Waals surface area contributed by atoms with E-state index in [9.17, 15) is 0 Å². The molecule has 0 fully saturated rings. The van der Waals surface area contributed by atoms with Crippen LogP contribution in [0.25, 0.3) is 0 Å². The lowest BCUT2D eigenvalue weighted by Crippen LogP contribution is -2.40. The van der Waals surface area contributed by atoms with Crippen LogP contribution in [0.3, 0.4) is 0 Å². The van der Waals surface area contributed by atoms with E-state index in [2.05, 4.69) is 16.8 Å². The number of hydrogen-bond acceptors (Lipinski definition) is 5. The van der Waals surface area contributed by atoms with Crippen molar-refractivity contribution < 1.29 is 9.47 Å². The zero-order valence-electron chi connectivity index (χ0n) is 11.4. The standard InChI is InChI=1S/C13H23N3O2/c1-11(10-18-3)16(7-8-17-2)13-12(9-14)5-4-6-15-13/h4-6,11H,7-10,14H2,1-3H3. The molecule has 0 radical (unpaired) electrons. The Labute approximate surface area is 109 Å². The molecule has 1 unspecified atom stereocenters. The number of pyridine rings is 1. The molecule has 0 aliphatic heterocycles. The molecule has 1 aromatic heterocycles. The fourth-order valence-corrected chi connectivity index (χ4v) is 1.90. The van der Waals surface area contributed by atoms with Crippen LogP contribution < -0.4 is 10.6 Å². The summed E-state index contributed by atoms with van der Waals surface area (Å²) in [5, 5.41) is 0. The molecule has 102 valence electrons. The monoisotopic (exact) mass is 253 g/mol. The zero-order chi connectivity index (χ0) is 13.4. The molecule has 0 bridgehead atoms. The number of aromatic nitrogens is 1. The SMILES string of the molecule is COCCN(c1ncccc1CN)C(C)COC. The van der Waals surface area contributed by atoms with Crippen molar-refractivity contribution in [2.45, 2.75) is 19.5 Å². The van der Waals surface area contributed by atoms with E-state index in [4.69, 9.17) is 15.2 Å². The molecule has 0 aliphatic rings. The highest BCUT2D eigenvalue weighted by molar-refractivity contribution is 5.47. The smallest absolute Gasteiger partial charge is 0.133 e. The first kappa shape index (κ1) is 14.9. The topological polar surface area (TPSA) is 60.6 Å². The molecule has 0 saturated carbocycles. The highest BCUT2D eigenvalue weighted by Gasteiger charge is 2.17. The number of ether oxygens (including phenoxy) is 2. The lowest BCUT2D eigenvalue weighted by Gasteiger charge is -2.31. The fourth-order valence-electron chi connectivity index (χ4n) is 1.90. The van der Waals surface area contributed by atoms with Gasteiger partial charge in [-0.1, -0.05) is 6.07 Å². The quantitative estimate of drug-likeness (QED) is 0.749. The molecule has 5 heteroatoms. The molecular formula is C13H23N3O2. The van der Waals surface area contributed by atoms with Gasteiger partial charge in [0, 0.05) is 39.1 Å². The van der Waals surface area contributed by atoms with Gasteiger partial charge in [0.1, 0.15) is 5.82 Å². The van der Waals surface area contributed by atoms with Gasteiger partial charge in [-0.25, -0.2) is 4.98 Å². The second kappa shape index (κ2) is 8.02. The van der Waals surface area contributed by atoms with Crippen LogP contribution in [0, 0.1) is 0 Å². The van der Waals surface area contributed by atoms with Crippen molar-refractivity contribution in [1.82, 2.24) is 4.98 Å². The van der Waals surface area contributed by atoms with Crippen LogP contribution >= 0.6 is 0 Å². The van der Waals surface area contributed by atoms with Crippen molar-refractivity contribution in [1.29, 1.82) is 0 Å². The first-order valence-corrected chi connectivity index (χ1v) is 6.13. The summed E-state index contributed by atoms with van der Waals surface area (Å²) in [5.74, 6) is 0.918. The van der Waals surface area contributed by atoms with E-state index in [1.807, 2.05) is 12.1 Å². The Morgan fingerprint density at radius 2 is 2.17 bits per heavy atom. The molecule has 1 rings (SSSR count).